The smallest absolute Gasteiger partial charge is 0.100 e. The number of aryl methyl sites for hydroxylation is 1. The van der Waals surface area contributed by atoms with Crippen LogP contribution in [0.4, 0.5) is 0 Å². The Morgan fingerprint density at radius 2 is 2.31 bits per heavy atom. The first kappa shape index (κ1) is 10.9. The summed E-state index contributed by atoms with van der Waals surface area (Å²) >= 11 is 0. The van der Waals surface area contributed by atoms with Crippen LogP contribution in [-0.2, 0) is 12.8 Å². The number of nitrogens with zero attached hydrogens (tertiary/aromatic N) is 1. The molecule has 0 saturated carbocycles. The molecule has 2 aromatic heterocycles. The lowest BCUT2D eigenvalue weighted by Gasteiger charge is -2.12. The lowest BCUT2D eigenvalue weighted by molar-refractivity contribution is 0.172. The molecule has 0 radical (unpaired) electrons. The van der Waals surface area contributed by atoms with E-state index in [4.69, 9.17) is 4.42 Å². The van der Waals surface area contributed by atoms with E-state index in [0.717, 1.165) is 23.2 Å². The van der Waals surface area contributed by atoms with E-state index < -0.39 is 6.10 Å². The molecule has 0 saturated heterocycles. The van der Waals surface area contributed by atoms with Crippen molar-refractivity contribution in [1.82, 2.24) is 4.98 Å². The summed E-state index contributed by atoms with van der Waals surface area (Å²) in [5, 5.41) is 10.1. The summed E-state index contributed by atoms with van der Waals surface area (Å²) in [7, 11) is 0. The van der Waals surface area contributed by atoms with Crippen LogP contribution in [-0.4, -0.2) is 10.1 Å². The lowest BCUT2D eigenvalue weighted by Crippen LogP contribution is -2.07. The number of aromatic nitrogens is 1. The molecular formula is C13H15NO2. The first-order chi connectivity index (χ1) is 7.81. The van der Waals surface area contributed by atoms with Crippen LogP contribution in [0.1, 0.15) is 29.8 Å². The van der Waals surface area contributed by atoms with E-state index >= 15 is 0 Å². The molecule has 3 heteroatoms. The van der Waals surface area contributed by atoms with Crippen molar-refractivity contribution in [2.75, 3.05) is 0 Å². The highest BCUT2D eigenvalue weighted by molar-refractivity contribution is 5.23. The van der Waals surface area contributed by atoms with E-state index in [2.05, 4.69) is 11.9 Å². The number of pyridine rings is 1. The fourth-order valence-corrected chi connectivity index (χ4v) is 1.78. The third-order valence-electron chi connectivity index (χ3n) is 2.63. The summed E-state index contributed by atoms with van der Waals surface area (Å²) in [6.45, 7) is 2.06. The highest BCUT2D eigenvalue weighted by atomic mass is 16.3. The number of aliphatic hydroxyl groups is 1. The second-order valence-electron chi connectivity index (χ2n) is 3.75. The Labute approximate surface area is 94.8 Å². The van der Waals surface area contributed by atoms with E-state index in [0.29, 0.717) is 6.42 Å². The van der Waals surface area contributed by atoms with Gasteiger partial charge in [0.15, 0.2) is 0 Å². The Morgan fingerprint density at radius 1 is 1.44 bits per heavy atom. The molecule has 0 aliphatic heterocycles. The molecule has 2 heterocycles. The largest absolute Gasteiger partial charge is 0.472 e. The van der Waals surface area contributed by atoms with Gasteiger partial charge in [0, 0.05) is 12.6 Å². The maximum Gasteiger partial charge on any atom is 0.100 e. The average Bonchev–Trinajstić information content (AvgIpc) is 2.81. The minimum atomic E-state index is -0.561. The molecular weight excluding hydrogens is 202 g/mol. The Kier molecular flexibility index (Phi) is 3.37. The minimum absolute atomic E-state index is 0.542. The van der Waals surface area contributed by atoms with Crippen molar-refractivity contribution in [3.8, 4) is 0 Å². The van der Waals surface area contributed by atoms with Gasteiger partial charge in [-0.3, -0.25) is 4.98 Å². The van der Waals surface area contributed by atoms with Gasteiger partial charge < -0.3 is 9.52 Å². The second-order valence-corrected chi connectivity index (χ2v) is 3.75. The Balaban J connectivity index is 2.17. The van der Waals surface area contributed by atoms with Crippen LogP contribution in [0.2, 0.25) is 0 Å². The van der Waals surface area contributed by atoms with Crippen molar-refractivity contribution in [2.24, 2.45) is 0 Å². The van der Waals surface area contributed by atoms with Crippen LogP contribution in [0.5, 0.6) is 0 Å². The molecule has 1 atom stereocenters. The van der Waals surface area contributed by atoms with Gasteiger partial charge in [-0.05, 0) is 29.7 Å². The number of rotatable bonds is 4. The van der Waals surface area contributed by atoms with Gasteiger partial charge in [0.25, 0.3) is 0 Å². The first-order valence-electron chi connectivity index (χ1n) is 5.44. The summed E-state index contributed by atoms with van der Waals surface area (Å²) in [6, 6.07) is 5.76. The molecule has 3 nitrogen and oxygen atoms in total. The van der Waals surface area contributed by atoms with Crippen LogP contribution in [0.25, 0.3) is 0 Å². The van der Waals surface area contributed by atoms with Gasteiger partial charge in [0.2, 0.25) is 0 Å². The third kappa shape index (κ3) is 2.31. The second kappa shape index (κ2) is 4.94. The molecule has 0 amide bonds. The van der Waals surface area contributed by atoms with Crippen LogP contribution in [0, 0.1) is 0 Å². The lowest BCUT2D eigenvalue weighted by atomic mass is 10.0. The molecule has 0 fully saturated rings. The van der Waals surface area contributed by atoms with Gasteiger partial charge in [-0.2, -0.15) is 0 Å². The summed E-state index contributed by atoms with van der Waals surface area (Å²) in [6.07, 6.45) is 5.84. The van der Waals surface area contributed by atoms with Crippen LogP contribution in [0.3, 0.4) is 0 Å². The number of hydrogen-bond acceptors (Lipinski definition) is 3. The quantitative estimate of drug-likeness (QED) is 0.855. The van der Waals surface area contributed by atoms with E-state index in [1.54, 1.807) is 18.7 Å². The van der Waals surface area contributed by atoms with Gasteiger partial charge in [-0.1, -0.05) is 13.0 Å². The maximum atomic E-state index is 10.1. The van der Waals surface area contributed by atoms with Gasteiger partial charge in [0.05, 0.1) is 18.2 Å². The highest BCUT2D eigenvalue weighted by Crippen LogP contribution is 2.20. The summed E-state index contributed by atoms with van der Waals surface area (Å²) in [5.41, 5.74) is 2.85. The number of hydrogen-bond donors (Lipinski definition) is 1. The fraction of sp³-hybridized carbons (Fsp3) is 0.308. The predicted molar refractivity (Wildman–Crippen MR) is 61.0 cm³/mol. The minimum Gasteiger partial charge on any atom is -0.472 e. The Morgan fingerprint density at radius 3 is 3.00 bits per heavy atom. The SMILES string of the molecule is CCc1cccnc1C(O)Cc1ccoc1. The molecule has 0 spiro atoms. The van der Waals surface area contributed by atoms with E-state index in [1.165, 1.54) is 0 Å². The molecule has 0 bridgehead atoms. The third-order valence-corrected chi connectivity index (χ3v) is 2.63. The molecule has 0 aliphatic carbocycles. The molecule has 2 aromatic rings. The molecule has 2 rings (SSSR count). The molecule has 16 heavy (non-hydrogen) atoms. The van der Waals surface area contributed by atoms with Gasteiger partial charge in [-0.15, -0.1) is 0 Å². The zero-order valence-electron chi connectivity index (χ0n) is 9.26. The predicted octanol–water partition coefficient (Wildman–Crippen LogP) is 2.51. The van der Waals surface area contributed by atoms with Gasteiger partial charge in [0.1, 0.15) is 6.10 Å². The fourth-order valence-electron chi connectivity index (χ4n) is 1.78. The molecule has 0 aliphatic rings. The molecule has 1 N–H and O–H groups in total. The Hall–Kier alpha value is -1.61. The molecule has 0 aromatic carbocycles. The standard InChI is InChI=1S/C13H15NO2/c1-2-11-4-3-6-14-13(11)12(15)8-10-5-7-16-9-10/h3-7,9,12,15H,2,8H2,1H3. The van der Waals surface area contributed by atoms with E-state index in [1.807, 2.05) is 18.2 Å². The average molecular weight is 217 g/mol. The molecule has 84 valence electrons. The zero-order valence-corrected chi connectivity index (χ0v) is 9.26. The summed E-state index contributed by atoms with van der Waals surface area (Å²) in [4.78, 5) is 4.25. The molecule has 1 unspecified atom stereocenters. The van der Waals surface area contributed by atoms with Crippen molar-refractivity contribution in [3.05, 3.63) is 53.7 Å². The van der Waals surface area contributed by atoms with E-state index in [9.17, 15) is 5.11 Å². The van der Waals surface area contributed by atoms with Crippen molar-refractivity contribution in [1.29, 1.82) is 0 Å². The number of furan rings is 1. The summed E-state index contributed by atoms with van der Waals surface area (Å²) < 4.78 is 4.98. The first-order valence-corrected chi connectivity index (χ1v) is 5.44. The van der Waals surface area contributed by atoms with E-state index in [-0.39, 0.29) is 0 Å². The topological polar surface area (TPSA) is 46.3 Å². The van der Waals surface area contributed by atoms with Crippen LogP contribution < -0.4 is 0 Å². The van der Waals surface area contributed by atoms with Crippen LogP contribution >= 0.6 is 0 Å². The van der Waals surface area contributed by atoms with Crippen molar-refractivity contribution < 1.29 is 9.52 Å². The highest BCUT2D eigenvalue weighted by Gasteiger charge is 2.13. The van der Waals surface area contributed by atoms with Crippen molar-refractivity contribution in [3.63, 3.8) is 0 Å². The maximum absolute atomic E-state index is 10.1. The zero-order chi connectivity index (χ0) is 11.4. The van der Waals surface area contributed by atoms with Crippen molar-refractivity contribution in [2.45, 2.75) is 25.9 Å². The van der Waals surface area contributed by atoms with Gasteiger partial charge >= 0.3 is 0 Å². The number of aliphatic hydroxyl groups excluding tert-OH is 1. The van der Waals surface area contributed by atoms with Crippen molar-refractivity contribution >= 4 is 0 Å². The normalized spacial score (nSPS) is 12.6. The monoisotopic (exact) mass is 217 g/mol. The van der Waals surface area contributed by atoms with Gasteiger partial charge in [-0.25, -0.2) is 0 Å². The summed E-state index contributed by atoms with van der Waals surface area (Å²) in [5.74, 6) is 0. The Bertz CT molecular complexity index is 437. The van der Waals surface area contributed by atoms with Crippen LogP contribution in [0.15, 0.2) is 41.3 Å².